The molecule has 2 rings (SSSR count). The van der Waals surface area contributed by atoms with Crippen molar-refractivity contribution in [1.29, 1.82) is 0 Å². The molecule has 1 N–H and O–H groups in total. The predicted octanol–water partition coefficient (Wildman–Crippen LogP) is 1.87. The van der Waals surface area contributed by atoms with Crippen molar-refractivity contribution in [1.82, 2.24) is 0 Å². The molecule has 0 aliphatic heterocycles. The Morgan fingerprint density at radius 2 is 2.15 bits per heavy atom. The zero-order chi connectivity index (χ0) is 9.31. The highest BCUT2D eigenvalue weighted by molar-refractivity contribution is 5.75. The molecule has 0 bridgehead atoms. The Morgan fingerprint density at radius 1 is 1.38 bits per heavy atom. The number of hydrogen-bond acceptors (Lipinski definition) is 2. The molecule has 1 fully saturated rings. The lowest BCUT2D eigenvalue weighted by Crippen LogP contribution is -2.33. The van der Waals surface area contributed by atoms with Crippen LogP contribution < -0.4 is 0 Å². The minimum Gasteiger partial charge on any atom is -0.385 e. The van der Waals surface area contributed by atoms with Gasteiger partial charge in [0.25, 0.3) is 0 Å². The maximum absolute atomic E-state index is 10.5. The van der Waals surface area contributed by atoms with Gasteiger partial charge in [0.15, 0.2) is 0 Å². The van der Waals surface area contributed by atoms with Gasteiger partial charge in [0.2, 0.25) is 0 Å². The number of aldehydes is 1. The van der Waals surface area contributed by atoms with E-state index in [9.17, 15) is 9.90 Å². The Hall–Kier alpha value is -1.15. The summed E-state index contributed by atoms with van der Waals surface area (Å²) in [4.78, 5) is 10.5. The Morgan fingerprint density at radius 3 is 2.69 bits per heavy atom. The largest absolute Gasteiger partial charge is 0.385 e. The van der Waals surface area contributed by atoms with Gasteiger partial charge in [-0.15, -0.1) is 0 Å². The first-order chi connectivity index (χ1) is 6.24. The number of rotatable bonds is 2. The molecule has 1 aromatic rings. The minimum absolute atomic E-state index is 0.637. The van der Waals surface area contributed by atoms with Crippen molar-refractivity contribution in [2.45, 2.75) is 24.9 Å². The maximum Gasteiger partial charge on any atom is 0.150 e. The van der Waals surface area contributed by atoms with E-state index in [1.54, 1.807) is 12.1 Å². The average Bonchev–Trinajstić information content (AvgIpc) is 2.14. The molecule has 1 aliphatic rings. The van der Waals surface area contributed by atoms with Crippen molar-refractivity contribution in [3.8, 4) is 0 Å². The van der Waals surface area contributed by atoms with E-state index in [0.717, 1.165) is 31.1 Å². The van der Waals surface area contributed by atoms with E-state index in [2.05, 4.69) is 0 Å². The van der Waals surface area contributed by atoms with Crippen molar-refractivity contribution in [3.63, 3.8) is 0 Å². The van der Waals surface area contributed by atoms with Gasteiger partial charge >= 0.3 is 0 Å². The Labute approximate surface area is 77.2 Å². The van der Waals surface area contributed by atoms with Crippen LogP contribution in [0.15, 0.2) is 24.3 Å². The van der Waals surface area contributed by atoms with Crippen LogP contribution in [0.1, 0.15) is 35.2 Å². The second kappa shape index (κ2) is 2.96. The highest BCUT2D eigenvalue weighted by atomic mass is 16.3. The molecule has 0 amide bonds. The molecule has 0 heterocycles. The molecule has 0 aromatic heterocycles. The van der Waals surface area contributed by atoms with Gasteiger partial charge < -0.3 is 5.11 Å². The third-order valence-electron chi connectivity index (χ3n) is 2.74. The summed E-state index contributed by atoms with van der Waals surface area (Å²) in [6, 6.07) is 7.21. The standard InChI is InChI=1S/C11H12O2/c12-8-9-3-1-4-10(7-9)11(13)5-2-6-11/h1,3-4,7-8,13H,2,5-6H2. The molecular weight excluding hydrogens is 164 g/mol. The van der Waals surface area contributed by atoms with Gasteiger partial charge in [-0.3, -0.25) is 4.79 Å². The molecule has 1 aliphatic carbocycles. The fraction of sp³-hybridized carbons (Fsp3) is 0.364. The van der Waals surface area contributed by atoms with Crippen LogP contribution >= 0.6 is 0 Å². The second-order valence-corrected chi connectivity index (χ2v) is 3.63. The van der Waals surface area contributed by atoms with Crippen molar-refractivity contribution in [2.75, 3.05) is 0 Å². The third-order valence-corrected chi connectivity index (χ3v) is 2.74. The van der Waals surface area contributed by atoms with E-state index in [1.165, 1.54) is 0 Å². The number of benzene rings is 1. The van der Waals surface area contributed by atoms with E-state index in [1.807, 2.05) is 12.1 Å². The fourth-order valence-corrected chi connectivity index (χ4v) is 1.70. The average molecular weight is 176 g/mol. The van der Waals surface area contributed by atoms with Crippen LogP contribution in [0.25, 0.3) is 0 Å². The van der Waals surface area contributed by atoms with E-state index >= 15 is 0 Å². The first-order valence-corrected chi connectivity index (χ1v) is 4.53. The molecule has 13 heavy (non-hydrogen) atoms. The first kappa shape index (κ1) is 8.45. The number of carbonyl (C=O) groups is 1. The van der Waals surface area contributed by atoms with Crippen LogP contribution in [0.2, 0.25) is 0 Å². The van der Waals surface area contributed by atoms with Crippen LogP contribution in [-0.2, 0) is 5.60 Å². The van der Waals surface area contributed by atoms with E-state index in [-0.39, 0.29) is 0 Å². The summed E-state index contributed by atoms with van der Waals surface area (Å²) >= 11 is 0. The highest BCUT2D eigenvalue weighted by Gasteiger charge is 2.35. The molecule has 0 atom stereocenters. The first-order valence-electron chi connectivity index (χ1n) is 4.53. The summed E-state index contributed by atoms with van der Waals surface area (Å²) < 4.78 is 0. The SMILES string of the molecule is O=Cc1cccc(C2(O)CCC2)c1. The van der Waals surface area contributed by atoms with Crippen LogP contribution in [0, 0.1) is 0 Å². The minimum atomic E-state index is -0.654. The van der Waals surface area contributed by atoms with Crippen LogP contribution in [-0.4, -0.2) is 11.4 Å². The molecule has 0 saturated heterocycles. The molecule has 2 nitrogen and oxygen atoms in total. The summed E-state index contributed by atoms with van der Waals surface area (Å²) in [6.07, 6.45) is 3.51. The van der Waals surface area contributed by atoms with Gasteiger partial charge in [-0.2, -0.15) is 0 Å². The van der Waals surface area contributed by atoms with Gasteiger partial charge in [-0.1, -0.05) is 18.2 Å². The zero-order valence-electron chi connectivity index (χ0n) is 7.36. The summed E-state index contributed by atoms with van der Waals surface area (Å²) in [5, 5.41) is 9.99. The van der Waals surface area contributed by atoms with Crippen molar-refractivity contribution < 1.29 is 9.90 Å². The molecule has 1 saturated carbocycles. The smallest absolute Gasteiger partial charge is 0.150 e. The lowest BCUT2D eigenvalue weighted by molar-refractivity contribution is -0.0388. The predicted molar refractivity (Wildman–Crippen MR) is 49.6 cm³/mol. The molecule has 0 radical (unpaired) electrons. The van der Waals surface area contributed by atoms with Gasteiger partial charge in [0.05, 0.1) is 5.60 Å². The molecule has 1 aromatic carbocycles. The van der Waals surface area contributed by atoms with E-state index < -0.39 is 5.60 Å². The van der Waals surface area contributed by atoms with Crippen LogP contribution in [0.3, 0.4) is 0 Å². The second-order valence-electron chi connectivity index (χ2n) is 3.63. The van der Waals surface area contributed by atoms with Crippen molar-refractivity contribution >= 4 is 6.29 Å². The summed E-state index contributed by atoms with van der Waals surface area (Å²) in [5.41, 5.74) is 0.861. The van der Waals surface area contributed by atoms with Crippen molar-refractivity contribution in [2.24, 2.45) is 0 Å². The number of carbonyl (C=O) groups excluding carboxylic acids is 1. The summed E-state index contributed by atoms with van der Waals surface area (Å²) in [5.74, 6) is 0. The normalized spacial score (nSPS) is 19.2. The number of aliphatic hydroxyl groups is 1. The van der Waals surface area contributed by atoms with E-state index in [0.29, 0.717) is 5.56 Å². The number of hydrogen-bond donors (Lipinski definition) is 1. The lowest BCUT2D eigenvalue weighted by atomic mass is 9.75. The topological polar surface area (TPSA) is 37.3 Å². The van der Waals surface area contributed by atoms with Crippen molar-refractivity contribution in [3.05, 3.63) is 35.4 Å². The summed E-state index contributed by atoms with van der Waals surface area (Å²) in [6.45, 7) is 0. The van der Waals surface area contributed by atoms with Gasteiger partial charge in [0, 0.05) is 5.56 Å². The highest BCUT2D eigenvalue weighted by Crippen LogP contribution is 2.40. The van der Waals surface area contributed by atoms with E-state index in [4.69, 9.17) is 0 Å². The Kier molecular flexibility index (Phi) is 1.93. The monoisotopic (exact) mass is 176 g/mol. The quantitative estimate of drug-likeness (QED) is 0.698. The molecular formula is C11H12O2. The van der Waals surface area contributed by atoms with Crippen LogP contribution in [0.5, 0.6) is 0 Å². The van der Waals surface area contributed by atoms with Gasteiger partial charge in [-0.25, -0.2) is 0 Å². The zero-order valence-corrected chi connectivity index (χ0v) is 7.36. The Bertz CT molecular complexity index is 327. The molecule has 2 heteroatoms. The summed E-state index contributed by atoms with van der Waals surface area (Å²) in [7, 11) is 0. The molecule has 0 unspecified atom stereocenters. The molecule has 0 spiro atoms. The Balaban J connectivity index is 2.34. The molecule has 68 valence electrons. The third kappa shape index (κ3) is 1.38. The lowest BCUT2D eigenvalue weighted by Gasteiger charge is -2.37. The maximum atomic E-state index is 10.5. The van der Waals surface area contributed by atoms with Gasteiger partial charge in [0.1, 0.15) is 6.29 Å². The van der Waals surface area contributed by atoms with Crippen LogP contribution in [0.4, 0.5) is 0 Å². The fourth-order valence-electron chi connectivity index (χ4n) is 1.70. The van der Waals surface area contributed by atoms with Gasteiger partial charge in [-0.05, 0) is 30.9 Å².